The zero-order valence-corrected chi connectivity index (χ0v) is 11.1. The number of hydrogen-bond donors (Lipinski definition) is 1. The number of aliphatic hydroxyl groups excluding tert-OH is 1. The van der Waals surface area contributed by atoms with Crippen LogP contribution in [0.5, 0.6) is 0 Å². The van der Waals surface area contributed by atoms with Crippen LogP contribution in [0.2, 0.25) is 0 Å². The molecule has 1 N–H and O–H groups in total. The lowest BCUT2D eigenvalue weighted by atomic mass is 10.0. The third kappa shape index (κ3) is 4.79. The zero-order valence-electron chi connectivity index (χ0n) is 11.1. The molecule has 100 valence electrons. The molecule has 0 radical (unpaired) electrons. The highest BCUT2D eigenvalue weighted by atomic mass is 16.5. The summed E-state index contributed by atoms with van der Waals surface area (Å²) in [4.78, 5) is 0. The van der Waals surface area contributed by atoms with Crippen molar-refractivity contribution in [1.29, 1.82) is 0 Å². The van der Waals surface area contributed by atoms with E-state index in [4.69, 9.17) is 4.74 Å². The minimum absolute atomic E-state index is 0.161. The van der Waals surface area contributed by atoms with Crippen molar-refractivity contribution in [2.24, 2.45) is 0 Å². The number of benzene rings is 1. The molecule has 2 rings (SSSR count). The Balaban J connectivity index is 1.56. The van der Waals surface area contributed by atoms with E-state index in [-0.39, 0.29) is 6.10 Å². The van der Waals surface area contributed by atoms with Crippen LogP contribution in [0.1, 0.15) is 44.1 Å². The quantitative estimate of drug-likeness (QED) is 0.802. The zero-order chi connectivity index (χ0) is 12.6. The Morgan fingerprint density at radius 1 is 1.22 bits per heavy atom. The Morgan fingerprint density at radius 3 is 2.78 bits per heavy atom. The third-order valence-corrected chi connectivity index (χ3v) is 3.70. The van der Waals surface area contributed by atoms with Gasteiger partial charge in [0.15, 0.2) is 0 Å². The number of ether oxygens (including phenoxy) is 1. The molecule has 2 nitrogen and oxygen atoms in total. The lowest BCUT2D eigenvalue weighted by molar-refractivity contribution is 0.0933. The van der Waals surface area contributed by atoms with Crippen LogP contribution in [0.15, 0.2) is 30.3 Å². The van der Waals surface area contributed by atoms with Crippen LogP contribution in [0.3, 0.4) is 0 Å². The standard InChI is InChI=1S/C16H24O2/c17-15(8-4-9-16-10-5-13-18-16)12-11-14-6-2-1-3-7-14/h1-3,6-7,15-17H,4-5,8-13H2. The van der Waals surface area contributed by atoms with Crippen LogP contribution in [0.25, 0.3) is 0 Å². The maximum absolute atomic E-state index is 9.94. The summed E-state index contributed by atoms with van der Waals surface area (Å²) in [5, 5.41) is 9.94. The van der Waals surface area contributed by atoms with E-state index in [1.165, 1.54) is 18.4 Å². The molecule has 1 heterocycles. The van der Waals surface area contributed by atoms with Crippen molar-refractivity contribution in [3.63, 3.8) is 0 Å². The van der Waals surface area contributed by atoms with Crippen molar-refractivity contribution >= 4 is 0 Å². The third-order valence-electron chi connectivity index (χ3n) is 3.70. The molecule has 1 aliphatic rings. The van der Waals surface area contributed by atoms with Crippen LogP contribution in [-0.4, -0.2) is 23.9 Å². The lowest BCUT2D eigenvalue weighted by Gasteiger charge is -2.12. The summed E-state index contributed by atoms with van der Waals surface area (Å²) in [7, 11) is 0. The molecule has 0 bridgehead atoms. The van der Waals surface area contributed by atoms with E-state index in [1.807, 2.05) is 6.07 Å². The predicted molar refractivity (Wildman–Crippen MR) is 73.6 cm³/mol. The summed E-state index contributed by atoms with van der Waals surface area (Å²) in [5.74, 6) is 0. The number of aliphatic hydroxyl groups is 1. The first kappa shape index (κ1) is 13.6. The maximum atomic E-state index is 9.94. The van der Waals surface area contributed by atoms with Crippen LogP contribution >= 0.6 is 0 Å². The largest absolute Gasteiger partial charge is 0.393 e. The molecule has 1 aromatic carbocycles. The van der Waals surface area contributed by atoms with Gasteiger partial charge in [-0.3, -0.25) is 0 Å². The van der Waals surface area contributed by atoms with Gasteiger partial charge in [0.25, 0.3) is 0 Å². The van der Waals surface area contributed by atoms with Crippen molar-refractivity contribution < 1.29 is 9.84 Å². The Morgan fingerprint density at radius 2 is 2.06 bits per heavy atom. The van der Waals surface area contributed by atoms with Crippen LogP contribution in [0.4, 0.5) is 0 Å². The number of rotatable bonds is 7. The second kappa shape index (κ2) is 7.55. The Bertz CT molecular complexity index is 317. The molecule has 0 aliphatic carbocycles. The average Bonchev–Trinajstić information content (AvgIpc) is 2.91. The van der Waals surface area contributed by atoms with Crippen molar-refractivity contribution in [3.8, 4) is 0 Å². The summed E-state index contributed by atoms with van der Waals surface area (Å²) in [6, 6.07) is 10.4. The summed E-state index contributed by atoms with van der Waals surface area (Å²) in [5.41, 5.74) is 1.32. The van der Waals surface area contributed by atoms with Gasteiger partial charge in [-0.15, -0.1) is 0 Å². The molecular formula is C16H24O2. The highest BCUT2D eigenvalue weighted by Crippen LogP contribution is 2.19. The minimum atomic E-state index is -0.161. The average molecular weight is 248 g/mol. The second-order valence-corrected chi connectivity index (χ2v) is 5.24. The molecule has 2 atom stereocenters. The smallest absolute Gasteiger partial charge is 0.0576 e. The highest BCUT2D eigenvalue weighted by Gasteiger charge is 2.15. The van der Waals surface area contributed by atoms with Gasteiger partial charge in [-0.25, -0.2) is 0 Å². The molecule has 2 heteroatoms. The SMILES string of the molecule is OC(CCCC1CCCO1)CCc1ccccc1. The van der Waals surface area contributed by atoms with E-state index >= 15 is 0 Å². The van der Waals surface area contributed by atoms with Crippen molar-refractivity contribution in [3.05, 3.63) is 35.9 Å². The van der Waals surface area contributed by atoms with Gasteiger partial charge in [-0.05, 0) is 50.5 Å². The maximum Gasteiger partial charge on any atom is 0.0576 e. The molecule has 0 amide bonds. The Labute approximate surface area is 110 Å². The van der Waals surface area contributed by atoms with Gasteiger partial charge in [0.05, 0.1) is 12.2 Å². The monoisotopic (exact) mass is 248 g/mol. The van der Waals surface area contributed by atoms with Crippen molar-refractivity contribution in [1.82, 2.24) is 0 Å². The van der Waals surface area contributed by atoms with Crippen molar-refractivity contribution in [2.45, 2.75) is 57.2 Å². The highest BCUT2D eigenvalue weighted by molar-refractivity contribution is 5.14. The fourth-order valence-electron chi connectivity index (χ4n) is 2.58. The van der Waals surface area contributed by atoms with Crippen LogP contribution in [0, 0.1) is 0 Å². The minimum Gasteiger partial charge on any atom is -0.393 e. The van der Waals surface area contributed by atoms with E-state index in [9.17, 15) is 5.11 Å². The van der Waals surface area contributed by atoms with E-state index in [0.717, 1.165) is 38.7 Å². The topological polar surface area (TPSA) is 29.5 Å². The molecule has 0 aromatic heterocycles. The van der Waals surface area contributed by atoms with Crippen LogP contribution in [-0.2, 0) is 11.2 Å². The van der Waals surface area contributed by atoms with Gasteiger partial charge in [0.1, 0.15) is 0 Å². The normalized spacial score (nSPS) is 21.1. The molecular weight excluding hydrogens is 224 g/mol. The number of hydrogen-bond acceptors (Lipinski definition) is 2. The van der Waals surface area contributed by atoms with Gasteiger partial charge >= 0.3 is 0 Å². The first-order valence-electron chi connectivity index (χ1n) is 7.18. The van der Waals surface area contributed by atoms with E-state index < -0.39 is 0 Å². The van der Waals surface area contributed by atoms with E-state index in [1.54, 1.807) is 0 Å². The van der Waals surface area contributed by atoms with Gasteiger partial charge in [-0.1, -0.05) is 30.3 Å². The molecule has 0 spiro atoms. The van der Waals surface area contributed by atoms with E-state index in [0.29, 0.717) is 6.10 Å². The molecule has 1 saturated heterocycles. The van der Waals surface area contributed by atoms with E-state index in [2.05, 4.69) is 24.3 Å². The van der Waals surface area contributed by atoms with Gasteiger partial charge < -0.3 is 9.84 Å². The molecule has 1 aromatic rings. The van der Waals surface area contributed by atoms with Gasteiger partial charge in [0, 0.05) is 6.61 Å². The summed E-state index contributed by atoms with van der Waals surface area (Å²) >= 11 is 0. The molecule has 0 saturated carbocycles. The summed E-state index contributed by atoms with van der Waals surface area (Å²) in [6.07, 6.45) is 7.67. The molecule has 18 heavy (non-hydrogen) atoms. The summed E-state index contributed by atoms with van der Waals surface area (Å²) in [6.45, 7) is 0.932. The van der Waals surface area contributed by atoms with Crippen LogP contribution < -0.4 is 0 Å². The predicted octanol–water partition coefficient (Wildman–Crippen LogP) is 3.33. The molecule has 1 fully saturated rings. The lowest BCUT2D eigenvalue weighted by Crippen LogP contribution is -2.10. The summed E-state index contributed by atoms with van der Waals surface area (Å²) < 4.78 is 5.58. The second-order valence-electron chi connectivity index (χ2n) is 5.24. The molecule has 2 unspecified atom stereocenters. The Kier molecular flexibility index (Phi) is 5.69. The van der Waals surface area contributed by atoms with Crippen molar-refractivity contribution in [2.75, 3.05) is 6.61 Å². The molecule has 1 aliphatic heterocycles. The fourth-order valence-corrected chi connectivity index (χ4v) is 2.58. The first-order chi connectivity index (χ1) is 8.84. The van der Waals surface area contributed by atoms with Gasteiger partial charge in [0.2, 0.25) is 0 Å². The first-order valence-corrected chi connectivity index (χ1v) is 7.18. The number of aryl methyl sites for hydroxylation is 1. The van der Waals surface area contributed by atoms with Gasteiger partial charge in [-0.2, -0.15) is 0 Å². The Hall–Kier alpha value is -0.860. The fraction of sp³-hybridized carbons (Fsp3) is 0.625.